The molecule has 1 unspecified atom stereocenters. The van der Waals surface area contributed by atoms with Crippen LogP contribution in [0.1, 0.15) is 36.7 Å². The molecule has 1 heterocycles. The van der Waals surface area contributed by atoms with E-state index in [1.54, 1.807) is 0 Å². The number of hydrogen-bond acceptors (Lipinski definition) is 2. The quantitative estimate of drug-likeness (QED) is 0.796. The van der Waals surface area contributed by atoms with Gasteiger partial charge in [-0.25, -0.2) is 0 Å². The van der Waals surface area contributed by atoms with Gasteiger partial charge in [0.1, 0.15) is 0 Å². The van der Waals surface area contributed by atoms with Crippen molar-refractivity contribution in [3.05, 3.63) is 17.0 Å². The van der Waals surface area contributed by atoms with Crippen molar-refractivity contribution in [2.45, 2.75) is 46.1 Å². The van der Waals surface area contributed by atoms with Crippen LogP contribution in [0.25, 0.3) is 0 Å². The van der Waals surface area contributed by atoms with Gasteiger partial charge in [-0.05, 0) is 25.8 Å². The van der Waals surface area contributed by atoms with Gasteiger partial charge >= 0.3 is 0 Å². The SMILES string of the molecule is CCCC(O)Cc1c(C)nn(C)c1C. The predicted molar refractivity (Wildman–Crippen MR) is 57.3 cm³/mol. The highest BCUT2D eigenvalue weighted by Gasteiger charge is 2.13. The van der Waals surface area contributed by atoms with Gasteiger partial charge in [0.15, 0.2) is 0 Å². The molecule has 14 heavy (non-hydrogen) atoms. The van der Waals surface area contributed by atoms with Crippen molar-refractivity contribution in [1.82, 2.24) is 9.78 Å². The van der Waals surface area contributed by atoms with Crippen molar-refractivity contribution in [2.75, 3.05) is 0 Å². The zero-order valence-electron chi connectivity index (χ0n) is 9.54. The molecule has 1 rings (SSSR count). The van der Waals surface area contributed by atoms with Gasteiger partial charge < -0.3 is 5.11 Å². The van der Waals surface area contributed by atoms with Crippen LogP contribution in [0, 0.1) is 13.8 Å². The molecule has 0 aromatic carbocycles. The summed E-state index contributed by atoms with van der Waals surface area (Å²) in [7, 11) is 1.94. The van der Waals surface area contributed by atoms with E-state index in [4.69, 9.17) is 0 Å². The van der Waals surface area contributed by atoms with Crippen LogP contribution in [0.4, 0.5) is 0 Å². The van der Waals surface area contributed by atoms with Crippen LogP contribution in [-0.2, 0) is 13.5 Å². The summed E-state index contributed by atoms with van der Waals surface area (Å²) in [4.78, 5) is 0. The summed E-state index contributed by atoms with van der Waals surface area (Å²) in [6.07, 6.45) is 2.41. The third kappa shape index (κ3) is 2.35. The Hall–Kier alpha value is -0.830. The maximum absolute atomic E-state index is 9.72. The van der Waals surface area contributed by atoms with Gasteiger partial charge in [-0.2, -0.15) is 5.10 Å². The third-order valence-electron chi connectivity index (χ3n) is 2.72. The van der Waals surface area contributed by atoms with E-state index in [-0.39, 0.29) is 6.10 Å². The fourth-order valence-corrected chi connectivity index (χ4v) is 1.78. The molecule has 0 aliphatic heterocycles. The summed E-state index contributed by atoms with van der Waals surface area (Å²) in [5, 5.41) is 14.1. The largest absolute Gasteiger partial charge is 0.393 e. The number of aryl methyl sites for hydroxylation is 2. The molecule has 0 spiro atoms. The monoisotopic (exact) mass is 196 g/mol. The van der Waals surface area contributed by atoms with Crippen LogP contribution in [0.15, 0.2) is 0 Å². The van der Waals surface area contributed by atoms with E-state index in [9.17, 15) is 5.11 Å². The topological polar surface area (TPSA) is 38.1 Å². The molecule has 80 valence electrons. The second-order valence-corrected chi connectivity index (χ2v) is 3.92. The Kier molecular flexibility index (Phi) is 3.69. The lowest BCUT2D eigenvalue weighted by molar-refractivity contribution is 0.163. The van der Waals surface area contributed by atoms with Crippen molar-refractivity contribution >= 4 is 0 Å². The molecular weight excluding hydrogens is 176 g/mol. The van der Waals surface area contributed by atoms with E-state index in [0.29, 0.717) is 0 Å². The third-order valence-corrected chi connectivity index (χ3v) is 2.72. The molecule has 3 nitrogen and oxygen atoms in total. The van der Waals surface area contributed by atoms with Crippen LogP contribution >= 0.6 is 0 Å². The zero-order valence-corrected chi connectivity index (χ0v) is 9.54. The fraction of sp³-hybridized carbons (Fsp3) is 0.727. The molecule has 0 aliphatic rings. The van der Waals surface area contributed by atoms with Crippen LogP contribution in [0.2, 0.25) is 0 Å². The minimum absolute atomic E-state index is 0.221. The molecule has 1 aromatic rings. The molecule has 0 amide bonds. The van der Waals surface area contributed by atoms with Crippen molar-refractivity contribution in [3.63, 3.8) is 0 Å². The molecule has 0 radical (unpaired) electrons. The first-order chi connectivity index (χ1) is 6.56. The minimum atomic E-state index is -0.221. The number of hydrogen-bond donors (Lipinski definition) is 1. The first-order valence-electron chi connectivity index (χ1n) is 5.23. The summed E-state index contributed by atoms with van der Waals surface area (Å²) >= 11 is 0. The Morgan fingerprint density at radius 2 is 2.07 bits per heavy atom. The molecule has 0 aliphatic carbocycles. The van der Waals surface area contributed by atoms with Crippen LogP contribution in [-0.4, -0.2) is 21.0 Å². The molecule has 1 aromatic heterocycles. The van der Waals surface area contributed by atoms with Crippen LogP contribution in [0.3, 0.4) is 0 Å². The second-order valence-electron chi connectivity index (χ2n) is 3.92. The molecule has 0 saturated heterocycles. The Bertz CT molecular complexity index is 304. The van der Waals surface area contributed by atoms with E-state index < -0.39 is 0 Å². The Labute approximate surface area is 85.8 Å². The van der Waals surface area contributed by atoms with Crippen molar-refractivity contribution in [2.24, 2.45) is 7.05 Å². The van der Waals surface area contributed by atoms with E-state index >= 15 is 0 Å². The highest BCUT2D eigenvalue weighted by molar-refractivity contribution is 5.24. The highest BCUT2D eigenvalue weighted by atomic mass is 16.3. The van der Waals surface area contributed by atoms with Gasteiger partial charge in [0.2, 0.25) is 0 Å². The lowest BCUT2D eigenvalue weighted by Gasteiger charge is -2.09. The second kappa shape index (κ2) is 4.60. The van der Waals surface area contributed by atoms with E-state index in [1.807, 2.05) is 25.6 Å². The lowest BCUT2D eigenvalue weighted by Crippen LogP contribution is -2.11. The smallest absolute Gasteiger partial charge is 0.0629 e. The first-order valence-corrected chi connectivity index (χ1v) is 5.23. The molecule has 0 bridgehead atoms. The van der Waals surface area contributed by atoms with E-state index in [2.05, 4.69) is 12.0 Å². The normalized spacial score (nSPS) is 13.2. The Balaban J connectivity index is 2.75. The van der Waals surface area contributed by atoms with Crippen molar-refractivity contribution < 1.29 is 5.11 Å². The first kappa shape index (κ1) is 11.2. The van der Waals surface area contributed by atoms with Gasteiger partial charge in [0.25, 0.3) is 0 Å². The van der Waals surface area contributed by atoms with Gasteiger partial charge in [-0.3, -0.25) is 4.68 Å². The highest BCUT2D eigenvalue weighted by Crippen LogP contribution is 2.15. The number of aromatic nitrogens is 2. The predicted octanol–water partition coefficient (Wildman–Crippen LogP) is 1.74. The minimum Gasteiger partial charge on any atom is -0.393 e. The summed E-state index contributed by atoms with van der Waals surface area (Å²) in [5.41, 5.74) is 3.41. The maximum Gasteiger partial charge on any atom is 0.0629 e. The number of aliphatic hydroxyl groups is 1. The van der Waals surface area contributed by atoms with E-state index in [1.165, 1.54) is 5.56 Å². The number of nitrogens with zero attached hydrogens (tertiary/aromatic N) is 2. The standard InChI is InChI=1S/C11H20N2O/c1-5-6-10(14)7-11-8(2)12-13(4)9(11)3/h10,14H,5-7H2,1-4H3. The van der Waals surface area contributed by atoms with Crippen LogP contribution in [0.5, 0.6) is 0 Å². The average molecular weight is 196 g/mol. The molecule has 3 heteroatoms. The fourth-order valence-electron chi connectivity index (χ4n) is 1.78. The molecule has 0 saturated carbocycles. The number of rotatable bonds is 4. The molecule has 1 N–H and O–H groups in total. The Morgan fingerprint density at radius 1 is 1.43 bits per heavy atom. The van der Waals surface area contributed by atoms with Crippen LogP contribution < -0.4 is 0 Å². The van der Waals surface area contributed by atoms with Gasteiger partial charge in [0.05, 0.1) is 11.8 Å². The number of aliphatic hydroxyl groups excluding tert-OH is 1. The van der Waals surface area contributed by atoms with Gasteiger partial charge in [0, 0.05) is 19.2 Å². The zero-order chi connectivity index (χ0) is 10.7. The molecule has 0 fully saturated rings. The summed E-state index contributed by atoms with van der Waals surface area (Å²) in [6.45, 7) is 6.14. The molecule has 1 atom stereocenters. The van der Waals surface area contributed by atoms with Crippen molar-refractivity contribution in [3.8, 4) is 0 Å². The van der Waals surface area contributed by atoms with Gasteiger partial charge in [-0.1, -0.05) is 13.3 Å². The Morgan fingerprint density at radius 3 is 2.50 bits per heavy atom. The summed E-state index contributed by atoms with van der Waals surface area (Å²) in [6, 6.07) is 0. The maximum atomic E-state index is 9.72. The van der Waals surface area contributed by atoms with E-state index in [0.717, 1.165) is 30.7 Å². The summed E-state index contributed by atoms with van der Waals surface area (Å²) < 4.78 is 1.88. The lowest BCUT2D eigenvalue weighted by atomic mass is 10.0. The molecular formula is C11H20N2O. The summed E-state index contributed by atoms with van der Waals surface area (Å²) in [5.74, 6) is 0. The van der Waals surface area contributed by atoms with Crippen molar-refractivity contribution in [1.29, 1.82) is 0 Å². The average Bonchev–Trinajstić information content (AvgIpc) is 2.33. The van der Waals surface area contributed by atoms with Gasteiger partial charge in [-0.15, -0.1) is 0 Å².